The quantitative estimate of drug-likeness (QED) is 0.683. The van der Waals surface area contributed by atoms with Gasteiger partial charge < -0.3 is 0 Å². The third kappa shape index (κ3) is 2.75. The molecule has 0 radical (unpaired) electrons. The van der Waals surface area contributed by atoms with E-state index in [0.717, 1.165) is 5.69 Å². The van der Waals surface area contributed by atoms with Crippen molar-refractivity contribution in [2.45, 2.75) is 13.3 Å². The first-order valence-electron chi connectivity index (χ1n) is 4.53. The molecule has 74 valence electrons. The van der Waals surface area contributed by atoms with Crippen molar-refractivity contribution in [3.8, 4) is 6.07 Å². The minimum atomic E-state index is 0.460. The van der Waals surface area contributed by atoms with Crippen molar-refractivity contribution in [1.82, 2.24) is 0 Å². The summed E-state index contributed by atoms with van der Waals surface area (Å²) in [6.45, 7) is 2.62. The van der Waals surface area contributed by atoms with Crippen molar-refractivity contribution >= 4 is 5.69 Å². The summed E-state index contributed by atoms with van der Waals surface area (Å²) in [6.07, 6.45) is 0.460. The number of nitrogens with zero attached hydrogens (tertiary/aromatic N) is 2. The molecule has 0 saturated carbocycles. The van der Waals surface area contributed by atoms with Gasteiger partial charge in [0.25, 0.3) is 0 Å². The fourth-order valence-electron chi connectivity index (χ4n) is 1.26. The fraction of sp³-hybridized carbons (Fsp3) is 0.364. The summed E-state index contributed by atoms with van der Waals surface area (Å²) < 4.78 is 0. The Kier molecular flexibility index (Phi) is 3.96. The van der Waals surface area contributed by atoms with Crippen LogP contribution in [-0.4, -0.2) is 13.7 Å². The third-order valence-corrected chi connectivity index (χ3v) is 1.94. The molecular formula is C11H14N2O. The van der Waals surface area contributed by atoms with Gasteiger partial charge in [-0.1, -0.05) is 12.1 Å². The van der Waals surface area contributed by atoms with Crippen LogP contribution in [0.5, 0.6) is 0 Å². The average molecular weight is 190 g/mol. The normalized spacial score (nSPS) is 9.50. The van der Waals surface area contributed by atoms with Gasteiger partial charge in [0.1, 0.15) is 0 Å². The van der Waals surface area contributed by atoms with Crippen LogP contribution in [0.1, 0.15) is 12.0 Å². The van der Waals surface area contributed by atoms with Gasteiger partial charge in [0.2, 0.25) is 0 Å². The van der Waals surface area contributed by atoms with Crippen LogP contribution in [0.2, 0.25) is 0 Å². The molecule has 0 bridgehead atoms. The molecule has 0 aliphatic rings. The van der Waals surface area contributed by atoms with Crippen molar-refractivity contribution in [2.24, 2.45) is 0 Å². The Morgan fingerprint density at radius 2 is 2.29 bits per heavy atom. The highest BCUT2D eigenvalue weighted by molar-refractivity contribution is 5.46. The van der Waals surface area contributed by atoms with Crippen molar-refractivity contribution in [2.75, 3.05) is 18.7 Å². The van der Waals surface area contributed by atoms with E-state index < -0.39 is 0 Å². The SMILES string of the molecule is CON(CCC#N)c1cccc(C)c1. The lowest BCUT2D eigenvalue weighted by atomic mass is 10.2. The number of rotatable bonds is 4. The van der Waals surface area contributed by atoms with E-state index >= 15 is 0 Å². The van der Waals surface area contributed by atoms with E-state index in [4.69, 9.17) is 10.1 Å². The Hall–Kier alpha value is -1.53. The topological polar surface area (TPSA) is 36.3 Å². The first kappa shape index (κ1) is 10.6. The van der Waals surface area contributed by atoms with Crippen LogP contribution in [0.25, 0.3) is 0 Å². The third-order valence-electron chi connectivity index (χ3n) is 1.94. The number of nitriles is 1. The summed E-state index contributed by atoms with van der Waals surface area (Å²) in [5, 5.41) is 10.2. The van der Waals surface area contributed by atoms with E-state index in [2.05, 4.69) is 6.07 Å². The molecule has 0 spiro atoms. The van der Waals surface area contributed by atoms with E-state index in [0.29, 0.717) is 13.0 Å². The second-order valence-electron chi connectivity index (χ2n) is 3.03. The van der Waals surface area contributed by atoms with Crippen LogP contribution in [0.3, 0.4) is 0 Å². The number of hydrogen-bond donors (Lipinski definition) is 0. The van der Waals surface area contributed by atoms with Crippen LogP contribution in [0, 0.1) is 18.3 Å². The molecule has 0 heterocycles. The maximum Gasteiger partial charge on any atom is 0.0641 e. The van der Waals surface area contributed by atoms with Crippen molar-refractivity contribution in [1.29, 1.82) is 5.26 Å². The number of aryl methyl sites for hydroxylation is 1. The van der Waals surface area contributed by atoms with Gasteiger partial charge >= 0.3 is 0 Å². The largest absolute Gasteiger partial charge is 0.277 e. The molecule has 3 heteroatoms. The van der Waals surface area contributed by atoms with Gasteiger partial charge in [-0.05, 0) is 24.6 Å². The Labute approximate surface area is 84.5 Å². The molecule has 0 fully saturated rings. The van der Waals surface area contributed by atoms with E-state index in [-0.39, 0.29) is 0 Å². The summed E-state index contributed by atoms with van der Waals surface area (Å²) in [5.74, 6) is 0. The van der Waals surface area contributed by atoms with Gasteiger partial charge in [0.15, 0.2) is 0 Å². The lowest BCUT2D eigenvalue weighted by Crippen LogP contribution is -2.22. The van der Waals surface area contributed by atoms with Crippen LogP contribution < -0.4 is 5.06 Å². The monoisotopic (exact) mass is 190 g/mol. The number of benzene rings is 1. The zero-order chi connectivity index (χ0) is 10.4. The highest BCUT2D eigenvalue weighted by atomic mass is 16.7. The van der Waals surface area contributed by atoms with Crippen LogP contribution in [-0.2, 0) is 4.84 Å². The minimum absolute atomic E-state index is 0.460. The first-order chi connectivity index (χ1) is 6.77. The molecule has 14 heavy (non-hydrogen) atoms. The van der Waals surface area contributed by atoms with Gasteiger partial charge in [0.05, 0.1) is 31.8 Å². The Morgan fingerprint density at radius 3 is 2.86 bits per heavy atom. The van der Waals surface area contributed by atoms with Gasteiger partial charge in [-0.25, -0.2) is 0 Å². The first-order valence-corrected chi connectivity index (χ1v) is 4.53. The molecule has 0 atom stereocenters. The number of anilines is 1. The molecule has 0 unspecified atom stereocenters. The number of hydroxylamine groups is 1. The molecule has 0 aromatic heterocycles. The summed E-state index contributed by atoms with van der Waals surface area (Å²) in [5.41, 5.74) is 2.17. The molecule has 0 N–H and O–H groups in total. The predicted molar refractivity (Wildman–Crippen MR) is 55.8 cm³/mol. The fourth-order valence-corrected chi connectivity index (χ4v) is 1.26. The second-order valence-corrected chi connectivity index (χ2v) is 3.03. The van der Waals surface area contributed by atoms with Crippen LogP contribution in [0.15, 0.2) is 24.3 Å². The Balaban J connectivity index is 2.74. The molecule has 0 aliphatic carbocycles. The average Bonchev–Trinajstić information content (AvgIpc) is 2.19. The summed E-state index contributed by atoms with van der Waals surface area (Å²) >= 11 is 0. The Bertz CT molecular complexity index is 330. The zero-order valence-electron chi connectivity index (χ0n) is 8.53. The highest BCUT2D eigenvalue weighted by Gasteiger charge is 2.04. The highest BCUT2D eigenvalue weighted by Crippen LogP contribution is 2.15. The maximum absolute atomic E-state index is 8.48. The van der Waals surface area contributed by atoms with Crippen LogP contribution in [0.4, 0.5) is 5.69 Å². The van der Waals surface area contributed by atoms with Gasteiger partial charge in [-0.2, -0.15) is 5.26 Å². The van der Waals surface area contributed by atoms with Crippen molar-refractivity contribution in [3.63, 3.8) is 0 Å². The molecule has 0 amide bonds. The van der Waals surface area contributed by atoms with Gasteiger partial charge in [-0.3, -0.25) is 9.90 Å². The van der Waals surface area contributed by atoms with E-state index in [1.54, 1.807) is 12.2 Å². The Morgan fingerprint density at radius 1 is 1.50 bits per heavy atom. The molecule has 1 aromatic carbocycles. The number of hydrogen-bond acceptors (Lipinski definition) is 3. The van der Waals surface area contributed by atoms with Crippen LogP contribution >= 0.6 is 0 Å². The molecule has 1 aromatic rings. The molecule has 3 nitrogen and oxygen atoms in total. The second kappa shape index (κ2) is 5.25. The lowest BCUT2D eigenvalue weighted by Gasteiger charge is -2.20. The van der Waals surface area contributed by atoms with E-state index in [1.807, 2.05) is 31.2 Å². The molecule has 1 rings (SSSR count). The van der Waals surface area contributed by atoms with Crippen molar-refractivity contribution < 1.29 is 4.84 Å². The van der Waals surface area contributed by atoms with E-state index in [1.165, 1.54) is 5.56 Å². The van der Waals surface area contributed by atoms with Gasteiger partial charge in [-0.15, -0.1) is 0 Å². The maximum atomic E-state index is 8.48. The van der Waals surface area contributed by atoms with E-state index in [9.17, 15) is 0 Å². The predicted octanol–water partition coefficient (Wildman–Crippen LogP) is 2.28. The smallest absolute Gasteiger partial charge is 0.0641 e. The summed E-state index contributed by atoms with van der Waals surface area (Å²) in [4.78, 5) is 5.18. The summed E-state index contributed by atoms with van der Waals surface area (Å²) in [6, 6.07) is 10.1. The van der Waals surface area contributed by atoms with Gasteiger partial charge in [0, 0.05) is 0 Å². The lowest BCUT2D eigenvalue weighted by molar-refractivity contribution is 0.168. The minimum Gasteiger partial charge on any atom is -0.277 e. The van der Waals surface area contributed by atoms with Crippen molar-refractivity contribution in [3.05, 3.63) is 29.8 Å². The molecule has 0 aliphatic heterocycles. The zero-order valence-corrected chi connectivity index (χ0v) is 8.53. The molecule has 0 saturated heterocycles. The summed E-state index contributed by atoms with van der Waals surface area (Å²) in [7, 11) is 1.61. The standard InChI is InChI=1S/C11H14N2O/c1-10-5-3-6-11(9-10)13(14-2)8-4-7-12/h3,5-6,9H,4,8H2,1-2H3. The molecular weight excluding hydrogens is 176 g/mol.